The SMILES string of the molecule is CC(C)(C)c1ccc(N2c3ccccc3B3c4c2cc(-c2cccc5c2oc2ccccc25)cc4N(c2ccc(C(C)(C)C)cc2)c2ccc4c(c23)-c2ccccc2C42c3ccccc3Oc3ccccc32)cc1. The molecule has 0 fully saturated rings. The Labute approximate surface area is 433 Å². The highest BCUT2D eigenvalue weighted by molar-refractivity contribution is 7.01. The molecule has 4 aliphatic rings. The summed E-state index contributed by atoms with van der Waals surface area (Å²) in [5, 5.41) is 2.23. The van der Waals surface area contributed by atoms with Crippen LogP contribution >= 0.6 is 0 Å². The highest BCUT2D eigenvalue weighted by Gasteiger charge is 2.54. The number of anilines is 6. The van der Waals surface area contributed by atoms with E-state index in [-0.39, 0.29) is 17.5 Å². The van der Waals surface area contributed by atoms with Crippen LogP contribution in [0.3, 0.4) is 0 Å². The van der Waals surface area contributed by atoms with Crippen LogP contribution in [0.2, 0.25) is 0 Å². The minimum atomic E-state index is -0.626. The highest BCUT2D eigenvalue weighted by atomic mass is 16.5. The van der Waals surface area contributed by atoms with Gasteiger partial charge in [0.1, 0.15) is 22.7 Å². The molecule has 0 radical (unpaired) electrons. The lowest BCUT2D eigenvalue weighted by Gasteiger charge is -2.45. The van der Waals surface area contributed by atoms with Crippen LogP contribution in [-0.4, -0.2) is 6.71 Å². The van der Waals surface area contributed by atoms with Gasteiger partial charge in [-0.25, -0.2) is 0 Å². The zero-order valence-corrected chi connectivity index (χ0v) is 42.5. The fourth-order valence-corrected chi connectivity index (χ4v) is 13.3. The number of furan rings is 1. The average molecular weight is 953 g/mol. The maximum absolute atomic E-state index is 6.87. The second kappa shape index (κ2) is 15.3. The minimum absolute atomic E-state index is 0.0000444. The molecule has 74 heavy (non-hydrogen) atoms. The fourth-order valence-electron chi connectivity index (χ4n) is 13.3. The van der Waals surface area contributed by atoms with Crippen molar-refractivity contribution in [3.63, 3.8) is 0 Å². The molecule has 10 aromatic carbocycles. The molecule has 0 unspecified atom stereocenters. The zero-order valence-electron chi connectivity index (χ0n) is 42.5. The number of fused-ring (bicyclic) bond motifs is 17. The topological polar surface area (TPSA) is 28.9 Å². The van der Waals surface area contributed by atoms with Gasteiger partial charge in [-0.15, -0.1) is 0 Å². The zero-order chi connectivity index (χ0) is 49.8. The maximum Gasteiger partial charge on any atom is 0.252 e. The van der Waals surface area contributed by atoms with Crippen molar-refractivity contribution in [2.45, 2.75) is 57.8 Å². The summed E-state index contributed by atoms with van der Waals surface area (Å²) < 4.78 is 13.7. The van der Waals surface area contributed by atoms with E-state index < -0.39 is 5.41 Å². The summed E-state index contributed by atoms with van der Waals surface area (Å²) in [5.74, 6) is 1.78. The molecule has 15 rings (SSSR count). The molecule has 5 heteroatoms. The Hall–Kier alpha value is -8.54. The second-order valence-corrected chi connectivity index (χ2v) is 22.8. The van der Waals surface area contributed by atoms with E-state index >= 15 is 0 Å². The number of benzene rings is 10. The normalized spacial score (nSPS) is 14.5. The first-order valence-corrected chi connectivity index (χ1v) is 26.1. The molecule has 0 amide bonds. The molecule has 0 saturated carbocycles. The number of nitrogens with zero attached hydrogens (tertiary/aromatic N) is 2. The highest BCUT2D eigenvalue weighted by Crippen LogP contribution is 2.63. The number of hydrogen-bond acceptors (Lipinski definition) is 4. The van der Waals surface area contributed by atoms with Gasteiger partial charge in [0.15, 0.2) is 0 Å². The third kappa shape index (κ3) is 5.87. The lowest BCUT2D eigenvalue weighted by atomic mass is 9.32. The molecule has 11 aromatic rings. The summed E-state index contributed by atoms with van der Waals surface area (Å²) in [7, 11) is 0. The van der Waals surface area contributed by atoms with Crippen molar-refractivity contribution in [1.82, 2.24) is 0 Å². The van der Waals surface area contributed by atoms with Gasteiger partial charge in [-0.2, -0.15) is 0 Å². The van der Waals surface area contributed by atoms with E-state index in [1.165, 1.54) is 61.1 Å². The van der Waals surface area contributed by atoms with Crippen molar-refractivity contribution in [1.29, 1.82) is 0 Å². The van der Waals surface area contributed by atoms with Crippen LogP contribution in [-0.2, 0) is 16.2 Å². The quantitative estimate of drug-likeness (QED) is 0.165. The Morgan fingerprint density at radius 2 is 0.959 bits per heavy atom. The lowest BCUT2D eigenvalue weighted by Crippen LogP contribution is -2.62. The van der Waals surface area contributed by atoms with Gasteiger partial charge < -0.3 is 19.0 Å². The van der Waals surface area contributed by atoms with Crippen LogP contribution in [0.5, 0.6) is 11.5 Å². The third-order valence-electron chi connectivity index (χ3n) is 16.7. The Bertz CT molecular complexity index is 4090. The van der Waals surface area contributed by atoms with Crippen LogP contribution in [0.25, 0.3) is 44.2 Å². The Morgan fingerprint density at radius 3 is 1.62 bits per heavy atom. The molecule has 354 valence electrons. The summed E-state index contributed by atoms with van der Waals surface area (Å²) in [5.41, 5.74) is 24.1. The van der Waals surface area contributed by atoms with Gasteiger partial charge in [0, 0.05) is 61.6 Å². The van der Waals surface area contributed by atoms with Crippen molar-refractivity contribution < 1.29 is 9.15 Å². The summed E-state index contributed by atoms with van der Waals surface area (Å²) in [6, 6.07) is 79.2. The maximum atomic E-state index is 6.87. The molecule has 0 N–H and O–H groups in total. The van der Waals surface area contributed by atoms with E-state index in [0.29, 0.717) is 0 Å². The van der Waals surface area contributed by atoms with E-state index in [4.69, 9.17) is 9.15 Å². The minimum Gasteiger partial charge on any atom is -0.457 e. The number of rotatable bonds is 3. The number of hydrogen-bond donors (Lipinski definition) is 0. The summed E-state index contributed by atoms with van der Waals surface area (Å²) in [6.45, 7) is 13.6. The van der Waals surface area contributed by atoms with Crippen LogP contribution in [0, 0.1) is 0 Å². The number of ether oxygens (including phenoxy) is 1. The van der Waals surface area contributed by atoms with Crippen molar-refractivity contribution in [2.24, 2.45) is 0 Å². The molecule has 0 saturated heterocycles. The van der Waals surface area contributed by atoms with Gasteiger partial charge in [-0.3, -0.25) is 0 Å². The van der Waals surface area contributed by atoms with Gasteiger partial charge in [0.2, 0.25) is 0 Å². The molecular formula is C69H53BN2O2. The Balaban J connectivity index is 1.09. The van der Waals surface area contributed by atoms with Gasteiger partial charge in [-0.05, 0) is 133 Å². The van der Waals surface area contributed by atoms with Crippen molar-refractivity contribution >= 4 is 79.2 Å². The molecule has 3 aliphatic heterocycles. The van der Waals surface area contributed by atoms with Crippen molar-refractivity contribution in [2.75, 3.05) is 9.80 Å². The molecule has 0 atom stereocenters. The summed E-state index contributed by atoms with van der Waals surface area (Å²) >= 11 is 0. The smallest absolute Gasteiger partial charge is 0.252 e. The summed E-state index contributed by atoms with van der Waals surface area (Å²) in [6.07, 6.45) is 0. The summed E-state index contributed by atoms with van der Waals surface area (Å²) in [4.78, 5) is 5.11. The Kier molecular flexibility index (Phi) is 8.88. The largest absolute Gasteiger partial charge is 0.457 e. The fraction of sp³-hybridized carbons (Fsp3) is 0.130. The van der Waals surface area contributed by atoms with E-state index in [1.54, 1.807) is 0 Å². The van der Waals surface area contributed by atoms with Gasteiger partial charge in [0.05, 0.1) is 5.41 Å². The predicted octanol–water partition coefficient (Wildman–Crippen LogP) is 16.4. The van der Waals surface area contributed by atoms with E-state index in [1.807, 2.05) is 0 Å². The lowest BCUT2D eigenvalue weighted by molar-refractivity contribution is 0.436. The molecule has 0 bridgehead atoms. The molecule has 4 nitrogen and oxygen atoms in total. The van der Waals surface area contributed by atoms with Crippen molar-refractivity contribution in [3.05, 3.63) is 246 Å². The first-order valence-electron chi connectivity index (χ1n) is 26.1. The standard InChI is InChI=1S/C69H53BN2O2/c1-67(2,3)43-30-34-45(35-31-43)71-56-26-13-12-25-55(56)70-64-58(71)40-42(47-20-17-21-49-48-18-8-14-27-60(48)74-66(47)49)41-59(64)72(46-36-32-44(33-37-46)68(4,5)6)57-39-38-54-63(65(57)70)50-19-7-9-22-51(50)69(54)52-23-10-15-28-61(52)73-62-29-16-11-24-53(62)69/h7-41H,1-6H3. The third-order valence-corrected chi connectivity index (χ3v) is 16.7. The van der Waals surface area contributed by atoms with E-state index in [0.717, 1.165) is 78.4 Å². The Morgan fingerprint density at radius 1 is 0.419 bits per heavy atom. The van der Waals surface area contributed by atoms with Crippen LogP contribution < -0.4 is 30.9 Å². The molecular weight excluding hydrogens is 900 g/mol. The van der Waals surface area contributed by atoms with Crippen LogP contribution in [0.15, 0.2) is 217 Å². The first kappa shape index (κ1) is 43.1. The molecule has 1 aliphatic carbocycles. The van der Waals surface area contributed by atoms with Gasteiger partial charge in [-0.1, -0.05) is 187 Å². The van der Waals surface area contributed by atoms with Crippen molar-refractivity contribution in [3.8, 4) is 33.8 Å². The van der Waals surface area contributed by atoms with Gasteiger partial charge in [0.25, 0.3) is 6.71 Å². The first-order chi connectivity index (χ1) is 36.0. The predicted molar refractivity (Wildman–Crippen MR) is 308 cm³/mol. The van der Waals surface area contributed by atoms with Crippen LogP contribution in [0.1, 0.15) is 74.9 Å². The molecule has 1 aromatic heterocycles. The second-order valence-electron chi connectivity index (χ2n) is 22.8. The number of para-hydroxylation sites is 5. The monoisotopic (exact) mass is 952 g/mol. The van der Waals surface area contributed by atoms with E-state index in [9.17, 15) is 0 Å². The molecule has 1 spiro atoms. The average Bonchev–Trinajstić information content (AvgIpc) is 3.95. The van der Waals surface area contributed by atoms with Gasteiger partial charge >= 0.3 is 0 Å². The van der Waals surface area contributed by atoms with Crippen LogP contribution in [0.4, 0.5) is 34.1 Å². The molecule has 4 heterocycles. The van der Waals surface area contributed by atoms with E-state index in [2.05, 4.69) is 264 Å².